The summed E-state index contributed by atoms with van der Waals surface area (Å²) in [6.45, 7) is 4.16. The molecule has 0 aliphatic rings. The maximum Gasteiger partial charge on any atom is 0.277 e. The van der Waals surface area contributed by atoms with Gasteiger partial charge >= 0.3 is 0 Å². The number of nitrogens with zero attached hydrogens (tertiary/aromatic N) is 2. The number of carbonyl (C=O) groups excluding carboxylic acids is 1. The Morgan fingerprint density at radius 2 is 1.96 bits per heavy atom. The summed E-state index contributed by atoms with van der Waals surface area (Å²) < 4.78 is 6.47. The Morgan fingerprint density at radius 1 is 1.15 bits per heavy atom. The Labute approximate surface area is 164 Å². The highest BCUT2D eigenvalue weighted by molar-refractivity contribution is 9.10. The first-order valence-electron chi connectivity index (χ1n) is 8.07. The van der Waals surface area contributed by atoms with Crippen LogP contribution in [-0.4, -0.2) is 21.9 Å². The fourth-order valence-corrected chi connectivity index (χ4v) is 3.30. The van der Waals surface area contributed by atoms with Crippen LogP contribution in [0.2, 0.25) is 0 Å². The van der Waals surface area contributed by atoms with Gasteiger partial charge in [0.15, 0.2) is 0 Å². The molecule has 26 heavy (non-hydrogen) atoms. The molecule has 0 unspecified atom stereocenters. The SMILES string of the molecule is Cc1ccc(Cc2nnc(SCC(=O)Nc3ccccc3Br)o2)cc1C. The number of aromatic nitrogens is 2. The van der Waals surface area contributed by atoms with Crippen LogP contribution in [-0.2, 0) is 11.2 Å². The van der Waals surface area contributed by atoms with E-state index >= 15 is 0 Å². The number of thioether (sulfide) groups is 1. The number of anilines is 1. The predicted molar refractivity (Wildman–Crippen MR) is 107 cm³/mol. The maximum absolute atomic E-state index is 12.1. The highest BCUT2D eigenvalue weighted by atomic mass is 79.9. The lowest BCUT2D eigenvalue weighted by molar-refractivity contribution is -0.113. The number of para-hydroxylation sites is 1. The summed E-state index contributed by atoms with van der Waals surface area (Å²) in [5.41, 5.74) is 4.35. The van der Waals surface area contributed by atoms with Crippen molar-refractivity contribution in [2.24, 2.45) is 0 Å². The minimum atomic E-state index is -0.129. The summed E-state index contributed by atoms with van der Waals surface area (Å²) in [5.74, 6) is 0.616. The molecule has 1 heterocycles. The van der Waals surface area contributed by atoms with Crippen molar-refractivity contribution in [3.05, 3.63) is 69.5 Å². The van der Waals surface area contributed by atoms with Gasteiger partial charge in [0.1, 0.15) is 0 Å². The zero-order valence-corrected chi connectivity index (χ0v) is 16.9. The highest BCUT2D eigenvalue weighted by Crippen LogP contribution is 2.23. The minimum Gasteiger partial charge on any atom is -0.416 e. The summed E-state index contributed by atoms with van der Waals surface area (Å²) in [4.78, 5) is 12.1. The monoisotopic (exact) mass is 431 g/mol. The number of benzene rings is 2. The molecule has 1 N–H and O–H groups in total. The van der Waals surface area contributed by atoms with Gasteiger partial charge in [-0.25, -0.2) is 0 Å². The van der Waals surface area contributed by atoms with Crippen LogP contribution in [0, 0.1) is 13.8 Å². The lowest BCUT2D eigenvalue weighted by atomic mass is 10.0. The number of hydrogen-bond acceptors (Lipinski definition) is 5. The van der Waals surface area contributed by atoms with Crippen molar-refractivity contribution in [3.8, 4) is 0 Å². The van der Waals surface area contributed by atoms with Crippen molar-refractivity contribution >= 4 is 39.3 Å². The van der Waals surface area contributed by atoms with Crippen LogP contribution in [0.4, 0.5) is 5.69 Å². The van der Waals surface area contributed by atoms with E-state index in [0.717, 1.165) is 15.7 Å². The number of amides is 1. The van der Waals surface area contributed by atoms with E-state index in [4.69, 9.17) is 4.42 Å². The van der Waals surface area contributed by atoms with E-state index in [-0.39, 0.29) is 11.7 Å². The normalized spacial score (nSPS) is 10.7. The van der Waals surface area contributed by atoms with E-state index in [2.05, 4.69) is 63.5 Å². The third-order valence-electron chi connectivity index (χ3n) is 3.85. The number of hydrogen-bond donors (Lipinski definition) is 1. The third-order valence-corrected chi connectivity index (χ3v) is 5.36. The van der Waals surface area contributed by atoms with Crippen molar-refractivity contribution in [1.29, 1.82) is 0 Å². The quantitative estimate of drug-likeness (QED) is 0.569. The molecule has 0 fully saturated rings. The summed E-state index contributed by atoms with van der Waals surface area (Å²) in [6, 6.07) is 13.7. The van der Waals surface area contributed by atoms with Gasteiger partial charge < -0.3 is 9.73 Å². The second-order valence-corrected chi connectivity index (χ2v) is 7.65. The highest BCUT2D eigenvalue weighted by Gasteiger charge is 2.11. The topological polar surface area (TPSA) is 68.0 Å². The molecule has 0 aliphatic heterocycles. The minimum absolute atomic E-state index is 0.129. The Balaban J connectivity index is 1.54. The number of rotatable bonds is 6. The van der Waals surface area contributed by atoms with Crippen LogP contribution in [0.25, 0.3) is 0 Å². The Morgan fingerprint density at radius 3 is 2.73 bits per heavy atom. The molecule has 0 saturated carbocycles. The van der Waals surface area contributed by atoms with Crippen LogP contribution < -0.4 is 5.32 Å². The van der Waals surface area contributed by atoms with Crippen LogP contribution in [0.1, 0.15) is 22.6 Å². The van der Waals surface area contributed by atoms with Crippen LogP contribution in [0.3, 0.4) is 0 Å². The molecule has 3 aromatic rings. The lowest BCUT2D eigenvalue weighted by Gasteiger charge is -2.05. The average molecular weight is 432 g/mol. The number of halogens is 1. The molecule has 5 nitrogen and oxygen atoms in total. The molecule has 134 valence electrons. The van der Waals surface area contributed by atoms with E-state index in [1.54, 1.807) is 0 Å². The fourth-order valence-electron chi connectivity index (χ4n) is 2.33. The molecule has 1 amide bonds. The summed E-state index contributed by atoms with van der Waals surface area (Å²) in [5, 5.41) is 11.3. The molecule has 1 aromatic heterocycles. The second kappa shape index (κ2) is 8.51. The van der Waals surface area contributed by atoms with Gasteiger partial charge in [-0.1, -0.05) is 42.1 Å². The van der Waals surface area contributed by atoms with Crippen molar-refractivity contribution in [3.63, 3.8) is 0 Å². The Hall–Kier alpha value is -2.12. The van der Waals surface area contributed by atoms with Gasteiger partial charge in [0.2, 0.25) is 11.8 Å². The first kappa shape index (κ1) is 18.7. The van der Waals surface area contributed by atoms with Crippen molar-refractivity contribution in [1.82, 2.24) is 10.2 Å². The Kier molecular flexibility index (Phi) is 6.11. The van der Waals surface area contributed by atoms with Gasteiger partial charge in [-0.15, -0.1) is 10.2 Å². The molecule has 3 rings (SSSR count). The van der Waals surface area contributed by atoms with Gasteiger partial charge in [-0.05, 0) is 58.6 Å². The summed E-state index contributed by atoms with van der Waals surface area (Å²) in [6.07, 6.45) is 0.581. The first-order chi connectivity index (χ1) is 12.5. The molecule has 0 atom stereocenters. The Bertz CT molecular complexity index is 927. The zero-order chi connectivity index (χ0) is 18.5. The zero-order valence-electron chi connectivity index (χ0n) is 14.5. The molecule has 7 heteroatoms. The molecule has 0 bridgehead atoms. The summed E-state index contributed by atoms with van der Waals surface area (Å²) >= 11 is 4.63. The predicted octanol–water partition coefficient (Wildman–Crippen LogP) is 4.77. The first-order valence-corrected chi connectivity index (χ1v) is 9.85. The van der Waals surface area contributed by atoms with Gasteiger partial charge in [0.25, 0.3) is 5.22 Å². The van der Waals surface area contributed by atoms with Crippen molar-refractivity contribution < 1.29 is 9.21 Å². The molecule has 2 aromatic carbocycles. The van der Waals surface area contributed by atoms with E-state index in [0.29, 0.717) is 17.5 Å². The fraction of sp³-hybridized carbons (Fsp3) is 0.211. The third kappa shape index (κ3) is 4.95. The van der Waals surface area contributed by atoms with Gasteiger partial charge in [-0.2, -0.15) is 0 Å². The largest absolute Gasteiger partial charge is 0.416 e. The molecule has 0 aliphatic carbocycles. The van der Waals surface area contributed by atoms with E-state index in [1.807, 2.05) is 24.3 Å². The van der Waals surface area contributed by atoms with Crippen LogP contribution >= 0.6 is 27.7 Å². The van der Waals surface area contributed by atoms with Crippen molar-refractivity contribution in [2.45, 2.75) is 25.5 Å². The molecule has 0 spiro atoms. The summed E-state index contributed by atoms with van der Waals surface area (Å²) in [7, 11) is 0. The van der Waals surface area contributed by atoms with E-state index < -0.39 is 0 Å². The molecular weight excluding hydrogens is 414 g/mol. The standard InChI is InChI=1S/C19H18BrN3O2S/c1-12-7-8-14(9-13(12)2)10-18-22-23-19(25-18)26-11-17(24)21-16-6-4-3-5-15(16)20/h3-9H,10-11H2,1-2H3,(H,21,24). The van der Waals surface area contributed by atoms with Crippen LogP contribution in [0.5, 0.6) is 0 Å². The van der Waals surface area contributed by atoms with E-state index in [1.165, 1.54) is 22.9 Å². The van der Waals surface area contributed by atoms with Gasteiger partial charge in [-0.3, -0.25) is 4.79 Å². The van der Waals surface area contributed by atoms with Crippen molar-refractivity contribution in [2.75, 3.05) is 11.1 Å². The molecule has 0 saturated heterocycles. The molecular formula is C19H18BrN3O2S. The molecule has 0 radical (unpaired) electrons. The smallest absolute Gasteiger partial charge is 0.277 e. The van der Waals surface area contributed by atoms with E-state index in [9.17, 15) is 4.79 Å². The average Bonchev–Trinajstić information content (AvgIpc) is 3.06. The second-order valence-electron chi connectivity index (χ2n) is 5.87. The number of nitrogens with one attached hydrogen (secondary N) is 1. The lowest BCUT2D eigenvalue weighted by Crippen LogP contribution is -2.14. The van der Waals surface area contributed by atoms with Gasteiger partial charge in [0, 0.05) is 4.47 Å². The van der Waals surface area contributed by atoms with Crippen LogP contribution in [0.15, 0.2) is 56.6 Å². The number of carbonyl (C=O) groups is 1. The van der Waals surface area contributed by atoms with Gasteiger partial charge in [0.05, 0.1) is 17.9 Å². The maximum atomic E-state index is 12.1. The number of aryl methyl sites for hydroxylation is 2.